The molecule has 5 nitrogen and oxygen atoms in total. The van der Waals surface area contributed by atoms with E-state index in [1.165, 1.54) is 6.92 Å². The third-order valence-electron chi connectivity index (χ3n) is 1.79. The summed E-state index contributed by atoms with van der Waals surface area (Å²) in [5, 5.41) is 2.71. The normalized spacial score (nSPS) is 14.4. The lowest BCUT2D eigenvalue weighted by molar-refractivity contribution is -0.123. The molecule has 0 aromatic carbocycles. The number of nitrogens with one attached hydrogen (secondary N) is 2. The lowest BCUT2D eigenvalue weighted by atomic mass is 10.1. The number of alkyl halides is 1. The molecule has 1 unspecified atom stereocenters. The largest absolute Gasteiger partial charge is 0.350 e. The third-order valence-corrected chi connectivity index (χ3v) is 3.60. The number of sulfonamides is 1. The van der Waals surface area contributed by atoms with Crippen molar-refractivity contribution in [3.8, 4) is 0 Å². The molecule has 1 amide bonds. The van der Waals surface area contributed by atoms with Gasteiger partial charge in [0.2, 0.25) is 15.9 Å². The molecule has 102 valence electrons. The highest BCUT2D eigenvalue weighted by Gasteiger charge is 2.23. The third kappa shape index (κ3) is 8.40. The molecule has 0 aliphatic rings. The van der Waals surface area contributed by atoms with Crippen LogP contribution in [0.15, 0.2) is 0 Å². The Kier molecular flexibility index (Phi) is 6.43. The van der Waals surface area contributed by atoms with E-state index in [4.69, 9.17) is 11.6 Å². The molecule has 17 heavy (non-hydrogen) atoms. The first-order valence-electron chi connectivity index (χ1n) is 5.45. The number of halogens is 1. The molecule has 1 atom stereocenters. The van der Waals surface area contributed by atoms with Gasteiger partial charge in [0.15, 0.2) is 0 Å². The predicted octanol–water partition coefficient (Wildman–Crippen LogP) is 0.838. The van der Waals surface area contributed by atoms with Crippen LogP contribution in [0.25, 0.3) is 0 Å². The summed E-state index contributed by atoms with van der Waals surface area (Å²) in [6, 6.07) is -0.783. The molecule has 0 aromatic heterocycles. The van der Waals surface area contributed by atoms with Gasteiger partial charge in [-0.05, 0) is 34.1 Å². The van der Waals surface area contributed by atoms with Crippen molar-refractivity contribution >= 4 is 27.5 Å². The van der Waals surface area contributed by atoms with Crippen LogP contribution in [0.1, 0.15) is 34.1 Å². The standard InChI is InChI=1S/C10H21ClN2O3S/c1-8(9(14)12-10(2,3)4)13-17(15,16)7-5-6-11/h8,13H,5-7H2,1-4H3,(H,12,14). The lowest BCUT2D eigenvalue weighted by Gasteiger charge is -2.23. The smallest absolute Gasteiger partial charge is 0.238 e. The second kappa shape index (κ2) is 6.56. The van der Waals surface area contributed by atoms with Crippen molar-refractivity contribution in [1.29, 1.82) is 0 Å². The van der Waals surface area contributed by atoms with Gasteiger partial charge in [-0.3, -0.25) is 4.79 Å². The summed E-state index contributed by atoms with van der Waals surface area (Å²) in [6.07, 6.45) is 0.366. The molecule has 2 N–H and O–H groups in total. The highest BCUT2D eigenvalue weighted by atomic mass is 35.5. The van der Waals surface area contributed by atoms with Crippen LogP contribution in [-0.4, -0.2) is 37.5 Å². The number of carbonyl (C=O) groups is 1. The Balaban J connectivity index is 4.34. The summed E-state index contributed by atoms with van der Waals surface area (Å²) in [5.41, 5.74) is -0.382. The monoisotopic (exact) mass is 284 g/mol. The number of carbonyl (C=O) groups excluding carboxylic acids is 1. The first-order valence-corrected chi connectivity index (χ1v) is 7.64. The summed E-state index contributed by atoms with van der Waals surface area (Å²) in [6.45, 7) is 7.01. The average Bonchev–Trinajstić information content (AvgIpc) is 2.11. The van der Waals surface area contributed by atoms with Gasteiger partial charge >= 0.3 is 0 Å². The lowest BCUT2D eigenvalue weighted by Crippen LogP contribution is -2.51. The van der Waals surface area contributed by atoms with E-state index in [0.717, 1.165) is 0 Å². The molecule has 0 heterocycles. The van der Waals surface area contributed by atoms with Gasteiger partial charge in [0.25, 0.3) is 0 Å². The molecule has 0 saturated heterocycles. The molecular formula is C10H21ClN2O3S. The van der Waals surface area contributed by atoms with Crippen molar-refractivity contribution < 1.29 is 13.2 Å². The minimum atomic E-state index is -3.44. The van der Waals surface area contributed by atoms with Crippen molar-refractivity contribution in [1.82, 2.24) is 10.0 Å². The molecule has 0 bridgehead atoms. The van der Waals surface area contributed by atoms with Gasteiger partial charge in [0, 0.05) is 11.4 Å². The van der Waals surface area contributed by atoms with Crippen molar-refractivity contribution in [2.75, 3.05) is 11.6 Å². The van der Waals surface area contributed by atoms with Gasteiger partial charge in [0.1, 0.15) is 0 Å². The summed E-state index contributed by atoms with van der Waals surface area (Å²) in [5.74, 6) is -0.125. The van der Waals surface area contributed by atoms with E-state index in [-0.39, 0.29) is 23.1 Å². The maximum absolute atomic E-state index is 11.6. The van der Waals surface area contributed by atoms with Crippen molar-refractivity contribution in [3.05, 3.63) is 0 Å². The Morgan fingerprint density at radius 3 is 2.29 bits per heavy atom. The Morgan fingerprint density at radius 2 is 1.88 bits per heavy atom. The fourth-order valence-corrected chi connectivity index (χ4v) is 2.68. The maximum Gasteiger partial charge on any atom is 0.238 e. The molecule has 7 heteroatoms. The predicted molar refractivity (Wildman–Crippen MR) is 69.6 cm³/mol. The van der Waals surface area contributed by atoms with Crippen LogP contribution in [0.4, 0.5) is 0 Å². The van der Waals surface area contributed by atoms with Crippen LogP contribution in [0.5, 0.6) is 0 Å². The zero-order chi connectivity index (χ0) is 13.7. The minimum Gasteiger partial charge on any atom is -0.350 e. The first kappa shape index (κ1) is 16.7. The van der Waals surface area contributed by atoms with Gasteiger partial charge < -0.3 is 5.32 Å². The van der Waals surface area contributed by atoms with Crippen molar-refractivity contribution in [3.63, 3.8) is 0 Å². The van der Waals surface area contributed by atoms with Gasteiger partial charge in [-0.2, -0.15) is 0 Å². The molecule has 0 rings (SSSR count). The van der Waals surface area contributed by atoms with E-state index in [9.17, 15) is 13.2 Å². The van der Waals surface area contributed by atoms with E-state index in [1.54, 1.807) is 0 Å². The van der Waals surface area contributed by atoms with Crippen LogP contribution in [0.3, 0.4) is 0 Å². The highest BCUT2D eigenvalue weighted by Crippen LogP contribution is 2.01. The molecule has 0 saturated carbocycles. The van der Waals surface area contributed by atoms with Crippen LogP contribution in [0, 0.1) is 0 Å². The van der Waals surface area contributed by atoms with E-state index >= 15 is 0 Å². The summed E-state index contributed by atoms with van der Waals surface area (Å²) in [7, 11) is -3.44. The maximum atomic E-state index is 11.6. The van der Waals surface area contributed by atoms with Gasteiger partial charge in [-0.25, -0.2) is 13.1 Å². The molecule has 0 aliphatic heterocycles. The van der Waals surface area contributed by atoms with E-state index in [2.05, 4.69) is 10.0 Å². The Bertz CT molecular complexity index is 349. The SMILES string of the molecule is CC(NS(=O)(=O)CCCCl)C(=O)NC(C)(C)C. The van der Waals surface area contributed by atoms with Gasteiger partial charge in [0.05, 0.1) is 11.8 Å². The molecule has 0 radical (unpaired) electrons. The van der Waals surface area contributed by atoms with Crippen molar-refractivity contribution in [2.24, 2.45) is 0 Å². The topological polar surface area (TPSA) is 75.3 Å². The van der Waals surface area contributed by atoms with Gasteiger partial charge in [-0.1, -0.05) is 0 Å². The Labute approximate surface area is 108 Å². The second-order valence-electron chi connectivity index (χ2n) is 4.94. The fraction of sp³-hybridized carbons (Fsp3) is 0.900. The summed E-state index contributed by atoms with van der Waals surface area (Å²) >= 11 is 5.42. The van der Waals surface area contributed by atoms with Crippen molar-refractivity contribution in [2.45, 2.75) is 45.7 Å². The quantitative estimate of drug-likeness (QED) is 0.710. The number of hydrogen-bond acceptors (Lipinski definition) is 3. The minimum absolute atomic E-state index is 0.0658. The summed E-state index contributed by atoms with van der Waals surface area (Å²) in [4.78, 5) is 11.6. The van der Waals surface area contributed by atoms with E-state index < -0.39 is 16.1 Å². The zero-order valence-corrected chi connectivity index (χ0v) is 12.3. The molecule has 0 aromatic rings. The Morgan fingerprint density at radius 1 is 1.35 bits per heavy atom. The van der Waals surface area contributed by atoms with Crippen LogP contribution in [0.2, 0.25) is 0 Å². The van der Waals surface area contributed by atoms with E-state index in [1.807, 2.05) is 20.8 Å². The number of rotatable bonds is 6. The number of amides is 1. The Hall–Kier alpha value is -0.330. The second-order valence-corrected chi connectivity index (χ2v) is 7.19. The van der Waals surface area contributed by atoms with E-state index in [0.29, 0.717) is 6.42 Å². The first-order chi connectivity index (χ1) is 7.57. The average molecular weight is 285 g/mol. The molecule has 0 aliphatic carbocycles. The number of hydrogen-bond donors (Lipinski definition) is 2. The fourth-order valence-electron chi connectivity index (χ4n) is 1.10. The van der Waals surface area contributed by atoms with Crippen LogP contribution >= 0.6 is 11.6 Å². The van der Waals surface area contributed by atoms with Gasteiger partial charge in [-0.15, -0.1) is 11.6 Å². The zero-order valence-electron chi connectivity index (χ0n) is 10.7. The highest BCUT2D eigenvalue weighted by molar-refractivity contribution is 7.89. The molecule has 0 fully saturated rings. The van der Waals surface area contributed by atoms with Crippen LogP contribution in [-0.2, 0) is 14.8 Å². The van der Waals surface area contributed by atoms with Crippen LogP contribution < -0.4 is 10.0 Å². The molecule has 0 spiro atoms. The molecular weight excluding hydrogens is 264 g/mol. The summed E-state index contributed by atoms with van der Waals surface area (Å²) < 4.78 is 25.4.